The van der Waals surface area contributed by atoms with Gasteiger partial charge in [0.05, 0.1) is 31.7 Å². The molecule has 0 unspecified atom stereocenters. The van der Waals surface area contributed by atoms with Crippen molar-refractivity contribution in [2.75, 3.05) is 43.0 Å². The number of halogens is 3. The van der Waals surface area contributed by atoms with Crippen LogP contribution in [0.1, 0.15) is 12.5 Å². The second kappa shape index (κ2) is 8.22. The van der Waals surface area contributed by atoms with Gasteiger partial charge in [-0.2, -0.15) is 13.2 Å². The highest BCUT2D eigenvalue weighted by atomic mass is 19.4. The van der Waals surface area contributed by atoms with Crippen molar-refractivity contribution >= 4 is 17.3 Å². The summed E-state index contributed by atoms with van der Waals surface area (Å²) in [4.78, 5) is 17.6. The molecule has 1 fully saturated rings. The van der Waals surface area contributed by atoms with Crippen LogP contribution in [0.15, 0.2) is 54.6 Å². The van der Waals surface area contributed by atoms with E-state index in [1.54, 1.807) is 18.0 Å². The van der Waals surface area contributed by atoms with Crippen LogP contribution in [0.3, 0.4) is 0 Å². The summed E-state index contributed by atoms with van der Waals surface area (Å²) in [7, 11) is 1.77. The fourth-order valence-corrected chi connectivity index (χ4v) is 3.61. The van der Waals surface area contributed by atoms with Gasteiger partial charge in [0.2, 0.25) is 0 Å². The zero-order valence-corrected chi connectivity index (χ0v) is 16.0. The second-order valence-corrected chi connectivity index (χ2v) is 7.15. The summed E-state index contributed by atoms with van der Waals surface area (Å²) in [5.41, 5.74) is 0.795. The molecule has 0 saturated carbocycles. The number of para-hydroxylation sites is 1. The summed E-state index contributed by atoms with van der Waals surface area (Å²) < 4.78 is 38.8. The Balaban J connectivity index is 1.61. The number of nitrogens with zero attached hydrogens (tertiary/aromatic N) is 2. The van der Waals surface area contributed by atoms with Gasteiger partial charge in [-0.25, -0.2) is 0 Å². The third kappa shape index (κ3) is 4.47. The van der Waals surface area contributed by atoms with Crippen LogP contribution >= 0.6 is 0 Å². The number of likely N-dealkylation sites (N-methyl/N-ethyl adjacent to an activating group) is 1. The molecule has 0 aromatic heterocycles. The van der Waals surface area contributed by atoms with E-state index in [0.29, 0.717) is 31.9 Å². The highest BCUT2D eigenvalue weighted by Gasteiger charge is 2.33. The zero-order valence-electron chi connectivity index (χ0n) is 16.0. The summed E-state index contributed by atoms with van der Waals surface area (Å²) in [6.45, 7) is 4.54. The first-order chi connectivity index (χ1) is 13.3. The monoisotopic (exact) mass is 392 g/mol. The number of hydrogen-bond donors (Lipinski definition) is 1. The number of carbonyl (C=O) groups excluding carboxylic acids is 1. The van der Waals surface area contributed by atoms with Crippen molar-refractivity contribution in [1.82, 2.24) is 0 Å². The van der Waals surface area contributed by atoms with Crippen molar-refractivity contribution in [3.05, 3.63) is 60.2 Å². The van der Waals surface area contributed by atoms with Gasteiger partial charge in [0.1, 0.15) is 0 Å². The largest absolute Gasteiger partial charge is 0.416 e. The summed E-state index contributed by atoms with van der Waals surface area (Å²) in [6, 6.07) is 14.7. The van der Waals surface area contributed by atoms with E-state index >= 15 is 0 Å². The number of benzene rings is 2. The Hall–Kier alpha value is -2.54. The maximum Gasteiger partial charge on any atom is 0.416 e. The molecule has 0 spiro atoms. The van der Waals surface area contributed by atoms with Gasteiger partial charge in [-0.1, -0.05) is 24.3 Å². The Morgan fingerprint density at radius 2 is 1.71 bits per heavy atom. The van der Waals surface area contributed by atoms with Crippen molar-refractivity contribution in [3.63, 3.8) is 0 Å². The minimum Gasteiger partial charge on any atom is -0.360 e. The number of anilines is 2. The quantitative estimate of drug-likeness (QED) is 0.866. The molecule has 1 atom stereocenters. The molecule has 1 aliphatic heterocycles. The van der Waals surface area contributed by atoms with Crippen molar-refractivity contribution in [2.45, 2.75) is 19.1 Å². The van der Waals surface area contributed by atoms with E-state index in [4.69, 9.17) is 0 Å². The molecule has 28 heavy (non-hydrogen) atoms. The van der Waals surface area contributed by atoms with Crippen molar-refractivity contribution < 1.29 is 22.9 Å². The molecule has 7 heteroatoms. The van der Waals surface area contributed by atoms with Crippen LogP contribution in [0, 0.1) is 0 Å². The van der Waals surface area contributed by atoms with Crippen molar-refractivity contribution in [1.29, 1.82) is 0 Å². The number of nitrogens with one attached hydrogen (secondary N) is 1. The molecule has 0 bridgehead atoms. The fraction of sp³-hybridized carbons (Fsp3) is 0.381. The van der Waals surface area contributed by atoms with Crippen LogP contribution in [0.4, 0.5) is 24.5 Å². The topological polar surface area (TPSA) is 28.0 Å². The number of alkyl halides is 3. The van der Waals surface area contributed by atoms with Gasteiger partial charge in [-0.05, 0) is 37.3 Å². The number of hydrogen-bond acceptors (Lipinski definition) is 2. The average molecular weight is 392 g/mol. The molecule has 1 aliphatic rings. The van der Waals surface area contributed by atoms with Gasteiger partial charge >= 0.3 is 6.18 Å². The smallest absolute Gasteiger partial charge is 0.360 e. The number of amides is 1. The van der Waals surface area contributed by atoms with E-state index < -0.39 is 11.7 Å². The van der Waals surface area contributed by atoms with Gasteiger partial charge in [0.15, 0.2) is 6.04 Å². The van der Waals surface area contributed by atoms with E-state index in [1.165, 1.54) is 12.1 Å². The number of rotatable bonds is 4. The third-order valence-corrected chi connectivity index (χ3v) is 5.40. The van der Waals surface area contributed by atoms with Crippen LogP contribution in [0.5, 0.6) is 0 Å². The average Bonchev–Trinajstić information content (AvgIpc) is 2.72. The molecule has 2 aromatic rings. The highest BCUT2D eigenvalue weighted by molar-refractivity contribution is 5.95. The van der Waals surface area contributed by atoms with Crippen LogP contribution in [0.2, 0.25) is 0 Å². The Bertz CT molecular complexity index is 802. The summed E-state index contributed by atoms with van der Waals surface area (Å²) in [5.74, 6) is 0.0359. The lowest BCUT2D eigenvalue weighted by atomic mass is 10.1. The molecule has 1 N–H and O–H groups in total. The van der Waals surface area contributed by atoms with Gasteiger partial charge < -0.3 is 14.7 Å². The van der Waals surface area contributed by atoms with Crippen molar-refractivity contribution in [3.8, 4) is 0 Å². The third-order valence-electron chi connectivity index (χ3n) is 5.40. The molecule has 150 valence electrons. The van der Waals surface area contributed by atoms with Crippen LogP contribution < -0.4 is 14.7 Å². The lowest BCUT2D eigenvalue weighted by Crippen LogP contribution is -3.19. The first kappa shape index (κ1) is 20.2. The van der Waals surface area contributed by atoms with Gasteiger partial charge in [0, 0.05) is 18.4 Å². The summed E-state index contributed by atoms with van der Waals surface area (Å²) >= 11 is 0. The Morgan fingerprint density at radius 1 is 1.07 bits per heavy atom. The maximum atomic E-state index is 12.9. The molecule has 4 nitrogen and oxygen atoms in total. The molecule has 3 rings (SSSR count). The molecule has 1 heterocycles. The highest BCUT2D eigenvalue weighted by Crippen LogP contribution is 2.31. The second-order valence-electron chi connectivity index (χ2n) is 7.15. The van der Waals surface area contributed by atoms with Gasteiger partial charge in [0.25, 0.3) is 5.91 Å². The minimum absolute atomic E-state index is 0.0359. The Kier molecular flexibility index (Phi) is 5.93. The maximum absolute atomic E-state index is 12.9. The molecule has 0 aliphatic carbocycles. The van der Waals surface area contributed by atoms with Gasteiger partial charge in [-0.3, -0.25) is 4.79 Å². The number of quaternary nitrogens is 1. The molecule has 1 amide bonds. The first-order valence-corrected chi connectivity index (χ1v) is 9.37. The predicted octanol–water partition coefficient (Wildman–Crippen LogP) is 2.46. The SMILES string of the molecule is C[C@H](C(=O)N(C)c1ccccc1)[NH+]1CCN(c2cccc(C(F)(F)F)c2)CC1. The summed E-state index contributed by atoms with van der Waals surface area (Å²) in [5, 5.41) is 0. The Morgan fingerprint density at radius 3 is 2.32 bits per heavy atom. The van der Waals surface area contributed by atoms with E-state index in [0.717, 1.165) is 16.7 Å². The van der Waals surface area contributed by atoms with E-state index in [9.17, 15) is 18.0 Å². The van der Waals surface area contributed by atoms with Crippen LogP contribution in [0.25, 0.3) is 0 Å². The molecule has 0 radical (unpaired) electrons. The van der Waals surface area contributed by atoms with E-state index in [-0.39, 0.29) is 11.9 Å². The number of carbonyl (C=O) groups is 1. The van der Waals surface area contributed by atoms with Gasteiger partial charge in [-0.15, -0.1) is 0 Å². The summed E-state index contributed by atoms with van der Waals surface area (Å²) in [6.07, 6.45) is -4.34. The standard InChI is InChI=1S/C21H24F3N3O/c1-16(20(28)25(2)18-8-4-3-5-9-18)26-11-13-27(14-12-26)19-10-6-7-17(15-19)21(22,23)24/h3-10,15-16H,11-14H2,1-2H3/p+1/t16-/m1/s1. The molecular formula is C21H25F3N3O+. The Labute approximate surface area is 163 Å². The lowest BCUT2D eigenvalue weighted by molar-refractivity contribution is -0.914. The normalized spacial score (nSPS) is 16.7. The lowest BCUT2D eigenvalue weighted by Gasteiger charge is -2.37. The predicted molar refractivity (Wildman–Crippen MR) is 104 cm³/mol. The van der Waals surface area contributed by atoms with Crippen LogP contribution in [-0.4, -0.2) is 45.2 Å². The minimum atomic E-state index is -4.34. The van der Waals surface area contributed by atoms with E-state index in [1.807, 2.05) is 42.2 Å². The fourth-order valence-electron chi connectivity index (χ4n) is 3.61. The van der Waals surface area contributed by atoms with E-state index in [2.05, 4.69) is 0 Å². The number of piperazine rings is 1. The zero-order chi connectivity index (χ0) is 20.3. The van der Waals surface area contributed by atoms with Crippen LogP contribution in [-0.2, 0) is 11.0 Å². The van der Waals surface area contributed by atoms with Crippen molar-refractivity contribution in [2.24, 2.45) is 0 Å². The first-order valence-electron chi connectivity index (χ1n) is 9.37. The molecule has 2 aromatic carbocycles. The molecular weight excluding hydrogens is 367 g/mol. The molecule has 1 saturated heterocycles.